The van der Waals surface area contributed by atoms with Gasteiger partial charge in [-0.25, -0.2) is 8.42 Å². The summed E-state index contributed by atoms with van der Waals surface area (Å²) in [7, 11) is -3.63. The SMILES string of the molecule is Cc1[nH]nc(NS(=O)(=O)c2cc(Br)sc2Br)c1C. The molecule has 2 rings (SSSR count). The van der Waals surface area contributed by atoms with Crippen LogP contribution in [0.1, 0.15) is 11.3 Å². The number of halogens is 2. The maximum atomic E-state index is 12.2. The van der Waals surface area contributed by atoms with E-state index in [9.17, 15) is 8.42 Å². The van der Waals surface area contributed by atoms with E-state index in [0.717, 1.165) is 15.0 Å². The minimum absolute atomic E-state index is 0.194. The highest BCUT2D eigenvalue weighted by molar-refractivity contribution is 9.12. The summed E-state index contributed by atoms with van der Waals surface area (Å²) in [6.45, 7) is 3.63. The van der Waals surface area contributed by atoms with Gasteiger partial charge in [-0.05, 0) is 51.8 Å². The van der Waals surface area contributed by atoms with E-state index in [2.05, 4.69) is 46.8 Å². The van der Waals surface area contributed by atoms with Crippen molar-refractivity contribution in [3.63, 3.8) is 0 Å². The van der Waals surface area contributed by atoms with Crippen LogP contribution in [-0.4, -0.2) is 18.6 Å². The summed E-state index contributed by atoms with van der Waals surface area (Å²) >= 11 is 7.79. The molecule has 9 heteroatoms. The molecule has 2 N–H and O–H groups in total. The van der Waals surface area contributed by atoms with Crippen molar-refractivity contribution in [2.24, 2.45) is 0 Å². The highest BCUT2D eigenvalue weighted by atomic mass is 79.9. The molecule has 5 nitrogen and oxygen atoms in total. The van der Waals surface area contributed by atoms with Crippen LogP contribution in [0.4, 0.5) is 5.82 Å². The van der Waals surface area contributed by atoms with Crippen molar-refractivity contribution in [1.29, 1.82) is 0 Å². The molecular weight excluding hydrogens is 406 g/mol. The second kappa shape index (κ2) is 4.95. The molecule has 0 atom stereocenters. The normalized spacial score (nSPS) is 11.8. The molecule has 98 valence electrons. The average Bonchev–Trinajstić information content (AvgIpc) is 2.75. The Morgan fingerprint density at radius 1 is 1.39 bits per heavy atom. The topological polar surface area (TPSA) is 74.8 Å². The van der Waals surface area contributed by atoms with Gasteiger partial charge in [0.05, 0.1) is 7.57 Å². The Morgan fingerprint density at radius 2 is 2.06 bits per heavy atom. The lowest BCUT2D eigenvalue weighted by Gasteiger charge is -2.04. The van der Waals surface area contributed by atoms with E-state index in [4.69, 9.17) is 0 Å². The van der Waals surface area contributed by atoms with Crippen molar-refractivity contribution < 1.29 is 8.42 Å². The van der Waals surface area contributed by atoms with Gasteiger partial charge in [-0.1, -0.05) is 0 Å². The molecule has 2 aromatic heterocycles. The first-order valence-electron chi connectivity index (χ1n) is 4.80. The van der Waals surface area contributed by atoms with E-state index >= 15 is 0 Å². The van der Waals surface area contributed by atoms with Crippen molar-refractivity contribution >= 4 is 59.0 Å². The molecule has 0 aliphatic heterocycles. The average molecular weight is 415 g/mol. The Hall–Kier alpha value is -0.380. The Bertz CT molecular complexity index is 691. The van der Waals surface area contributed by atoms with Crippen LogP contribution in [0.5, 0.6) is 0 Å². The first-order chi connectivity index (χ1) is 8.31. The molecule has 0 aliphatic carbocycles. The number of aryl methyl sites for hydroxylation is 1. The Labute approximate surface area is 125 Å². The van der Waals surface area contributed by atoms with Gasteiger partial charge in [0.2, 0.25) is 0 Å². The molecule has 0 amide bonds. The van der Waals surface area contributed by atoms with Gasteiger partial charge in [-0.15, -0.1) is 11.3 Å². The van der Waals surface area contributed by atoms with Crippen molar-refractivity contribution in [2.45, 2.75) is 18.7 Å². The molecular formula is C9H9Br2N3O2S2. The fraction of sp³-hybridized carbons (Fsp3) is 0.222. The molecule has 2 heterocycles. The standard InChI is InChI=1S/C9H9Br2N3O2S2/c1-4-5(2)12-13-9(4)14-18(15,16)6-3-7(10)17-8(6)11/h3H,1-2H3,(H2,12,13,14). The summed E-state index contributed by atoms with van der Waals surface area (Å²) in [5, 5.41) is 6.66. The highest BCUT2D eigenvalue weighted by Gasteiger charge is 2.22. The van der Waals surface area contributed by atoms with Crippen LogP contribution in [0.3, 0.4) is 0 Å². The number of nitrogens with one attached hydrogen (secondary N) is 2. The smallest absolute Gasteiger partial charge is 0.265 e. The van der Waals surface area contributed by atoms with Crippen LogP contribution < -0.4 is 4.72 Å². The molecule has 0 aromatic carbocycles. The molecule has 0 fully saturated rings. The van der Waals surface area contributed by atoms with Crippen LogP contribution in [0, 0.1) is 13.8 Å². The number of hydrogen-bond acceptors (Lipinski definition) is 4. The molecule has 2 aromatic rings. The van der Waals surface area contributed by atoms with Gasteiger partial charge in [0.15, 0.2) is 5.82 Å². The van der Waals surface area contributed by atoms with Gasteiger partial charge >= 0.3 is 0 Å². The summed E-state index contributed by atoms with van der Waals surface area (Å²) in [6.07, 6.45) is 0. The van der Waals surface area contributed by atoms with E-state index in [1.54, 1.807) is 13.0 Å². The van der Waals surface area contributed by atoms with Gasteiger partial charge in [0.1, 0.15) is 4.90 Å². The van der Waals surface area contributed by atoms with Crippen molar-refractivity contribution in [2.75, 3.05) is 4.72 Å². The van der Waals surface area contributed by atoms with Gasteiger partial charge < -0.3 is 0 Å². The maximum Gasteiger partial charge on any atom is 0.265 e. The lowest BCUT2D eigenvalue weighted by molar-refractivity contribution is 0.601. The predicted octanol–water partition coefficient (Wildman–Crippen LogP) is 3.41. The van der Waals surface area contributed by atoms with E-state index in [-0.39, 0.29) is 4.90 Å². The number of nitrogens with zero attached hydrogens (tertiary/aromatic N) is 1. The van der Waals surface area contributed by atoms with Gasteiger partial charge in [0.25, 0.3) is 10.0 Å². The molecule has 0 radical (unpaired) electrons. The van der Waals surface area contributed by atoms with Crippen LogP contribution in [-0.2, 0) is 10.0 Å². The fourth-order valence-corrected chi connectivity index (χ4v) is 6.15. The minimum Gasteiger partial charge on any atom is -0.280 e. The van der Waals surface area contributed by atoms with Gasteiger partial charge in [0, 0.05) is 11.3 Å². The van der Waals surface area contributed by atoms with Gasteiger partial charge in [-0.3, -0.25) is 9.82 Å². The van der Waals surface area contributed by atoms with Crippen molar-refractivity contribution in [1.82, 2.24) is 10.2 Å². The van der Waals surface area contributed by atoms with Gasteiger partial charge in [-0.2, -0.15) is 5.10 Å². The number of anilines is 1. The van der Waals surface area contributed by atoms with Crippen LogP contribution in [0.15, 0.2) is 18.5 Å². The van der Waals surface area contributed by atoms with Crippen LogP contribution in [0.25, 0.3) is 0 Å². The largest absolute Gasteiger partial charge is 0.280 e. The minimum atomic E-state index is -3.63. The third-order valence-corrected chi connectivity index (χ3v) is 6.49. The number of H-pyrrole nitrogens is 1. The quantitative estimate of drug-likeness (QED) is 0.807. The Kier molecular flexibility index (Phi) is 3.86. The van der Waals surface area contributed by atoms with E-state index in [1.807, 2.05) is 6.92 Å². The summed E-state index contributed by atoms with van der Waals surface area (Å²) in [4.78, 5) is 0.194. The van der Waals surface area contributed by atoms with Crippen molar-refractivity contribution in [3.05, 3.63) is 24.9 Å². The first-order valence-corrected chi connectivity index (χ1v) is 8.69. The maximum absolute atomic E-state index is 12.2. The molecule has 0 saturated carbocycles. The Morgan fingerprint density at radius 3 is 2.50 bits per heavy atom. The molecule has 0 aliphatic rings. The highest BCUT2D eigenvalue weighted by Crippen LogP contribution is 2.35. The molecule has 0 saturated heterocycles. The van der Waals surface area contributed by atoms with E-state index < -0.39 is 10.0 Å². The second-order valence-electron chi connectivity index (χ2n) is 3.62. The Balaban J connectivity index is 2.39. The third-order valence-electron chi connectivity index (χ3n) is 2.40. The number of hydrogen-bond donors (Lipinski definition) is 2. The number of aromatic amines is 1. The van der Waals surface area contributed by atoms with E-state index in [1.165, 1.54) is 11.3 Å². The number of thiophene rings is 1. The molecule has 18 heavy (non-hydrogen) atoms. The second-order valence-corrected chi connectivity index (χ2v) is 9.02. The lowest BCUT2D eigenvalue weighted by Crippen LogP contribution is -2.13. The first kappa shape index (κ1) is 14.0. The summed E-state index contributed by atoms with van der Waals surface area (Å²) < 4.78 is 28.1. The molecule has 0 bridgehead atoms. The number of sulfonamides is 1. The zero-order valence-corrected chi connectivity index (χ0v) is 14.2. The third kappa shape index (κ3) is 2.63. The summed E-state index contributed by atoms with van der Waals surface area (Å²) in [5.41, 5.74) is 1.61. The zero-order valence-electron chi connectivity index (χ0n) is 9.41. The number of rotatable bonds is 3. The lowest BCUT2D eigenvalue weighted by atomic mass is 10.3. The fourth-order valence-electron chi connectivity index (χ4n) is 1.28. The van der Waals surface area contributed by atoms with E-state index in [0.29, 0.717) is 9.60 Å². The summed E-state index contributed by atoms with van der Waals surface area (Å²) in [6, 6.07) is 1.55. The molecule has 0 spiro atoms. The summed E-state index contributed by atoms with van der Waals surface area (Å²) in [5.74, 6) is 0.321. The van der Waals surface area contributed by atoms with Crippen LogP contribution in [0.2, 0.25) is 0 Å². The van der Waals surface area contributed by atoms with Crippen molar-refractivity contribution in [3.8, 4) is 0 Å². The number of aromatic nitrogens is 2. The monoisotopic (exact) mass is 413 g/mol. The van der Waals surface area contributed by atoms with Crippen LogP contribution >= 0.6 is 43.2 Å². The predicted molar refractivity (Wildman–Crippen MR) is 78.6 cm³/mol. The zero-order chi connectivity index (χ0) is 13.5. The molecule has 0 unspecified atom stereocenters.